The summed E-state index contributed by atoms with van der Waals surface area (Å²) in [7, 11) is 0. The van der Waals surface area contributed by atoms with E-state index in [4.69, 9.17) is 24.4 Å². The normalized spacial score (nSPS) is 14.5. The molecule has 1 atom stereocenters. The van der Waals surface area contributed by atoms with E-state index in [1.54, 1.807) is 0 Å². The van der Waals surface area contributed by atoms with Gasteiger partial charge in [-0.2, -0.15) is 9.35 Å². The summed E-state index contributed by atoms with van der Waals surface area (Å²) < 4.78 is 2.45. The number of unbranched alkanes of at least 4 members (excludes halogenated alkanes) is 10. The predicted octanol–water partition coefficient (Wildman–Crippen LogP) is 8.10. The highest BCUT2D eigenvalue weighted by Gasteiger charge is 2.32. The average Bonchev–Trinajstić information content (AvgIpc) is 3.35. The van der Waals surface area contributed by atoms with E-state index in [-0.39, 0.29) is 29.4 Å². The minimum atomic E-state index is -0.334. The van der Waals surface area contributed by atoms with Crippen molar-refractivity contribution in [1.82, 2.24) is 9.35 Å². The van der Waals surface area contributed by atoms with Crippen LogP contribution in [-0.4, -0.2) is 39.8 Å². The van der Waals surface area contributed by atoms with Crippen LogP contribution in [0.5, 0.6) is 23.5 Å². The van der Waals surface area contributed by atoms with Crippen LogP contribution in [-0.2, 0) is 6.42 Å². The standard InChI is InChI=1S/C31H48N4O4S2/c1-4-6-8-10-12-14-16-25(40)32-34-27(36)20-23(29(34)37)22-18-21(3)28-24(19-22)30(38)35(31(28)39)33-26(41)17-15-13-11-9-7-5-2/h18,20,22,36-39H,4-17,19H2,1-3H3,(H,32,40)(H,33,41). The van der Waals surface area contributed by atoms with E-state index in [9.17, 15) is 20.4 Å². The van der Waals surface area contributed by atoms with E-state index in [1.165, 1.54) is 66.8 Å². The number of thiocarbonyl (C=S) groups is 2. The predicted molar refractivity (Wildman–Crippen MR) is 176 cm³/mol. The van der Waals surface area contributed by atoms with Crippen molar-refractivity contribution in [1.29, 1.82) is 0 Å². The summed E-state index contributed by atoms with van der Waals surface area (Å²) >= 11 is 11.0. The zero-order valence-corrected chi connectivity index (χ0v) is 26.5. The lowest BCUT2D eigenvalue weighted by molar-refractivity contribution is 0.388. The maximum atomic E-state index is 11.1. The van der Waals surface area contributed by atoms with E-state index < -0.39 is 0 Å². The summed E-state index contributed by atoms with van der Waals surface area (Å²) in [6.07, 6.45) is 17.4. The Kier molecular flexibility index (Phi) is 12.8. The van der Waals surface area contributed by atoms with Crippen LogP contribution < -0.4 is 10.9 Å². The molecule has 228 valence electrons. The van der Waals surface area contributed by atoms with Gasteiger partial charge < -0.3 is 20.4 Å². The molecule has 1 aliphatic rings. The SMILES string of the molecule is CCCCCCCCC(=S)Nn1c(O)cc(C2C=C(C)c3c(c(O)n(NC(=S)CCCCCCCC)c3O)C2)c1O. The first kappa shape index (κ1) is 32.8. The van der Waals surface area contributed by atoms with E-state index in [0.717, 1.165) is 31.3 Å². The number of hydrogen-bond acceptors (Lipinski definition) is 6. The van der Waals surface area contributed by atoms with Crippen LogP contribution in [0.2, 0.25) is 0 Å². The number of rotatable bonds is 17. The summed E-state index contributed by atoms with van der Waals surface area (Å²) in [6, 6.07) is 1.51. The van der Waals surface area contributed by atoms with Gasteiger partial charge >= 0.3 is 0 Å². The van der Waals surface area contributed by atoms with Crippen LogP contribution in [0.4, 0.5) is 0 Å². The maximum Gasteiger partial charge on any atom is 0.221 e. The molecule has 0 fully saturated rings. The molecule has 0 saturated heterocycles. The second kappa shape index (κ2) is 16.1. The fourth-order valence-electron chi connectivity index (χ4n) is 5.55. The molecular weight excluding hydrogens is 556 g/mol. The molecule has 0 bridgehead atoms. The molecule has 1 unspecified atom stereocenters. The van der Waals surface area contributed by atoms with Crippen LogP contribution in [0.3, 0.4) is 0 Å². The largest absolute Gasteiger partial charge is 0.493 e. The first-order valence-electron chi connectivity index (χ1n) is 15.3. The third-order valence-corrected chi connectivity index (χ3v) is 8.45. The van der Waals surface area contributed by atoms with Gasteiger partial charge in [-0.05, 0) is 44.6 Å². The monoisotopic (exact) mass is 604 g/mol. The average molecular weight is 605 g/mol. The number of hydrogen-bond donors (Lipinski definition) is 6. The lowest BCUT2D eigenvalue weighted by Crippen LogP contribution is -2.20. The number of allylic oxidation sites excluding steroid dienone is 2. The Balaban J connectivity index is 1.65. The van der Waals surface area contributed by atoms with Gasteiger partial charge in [0.1, 0.15) is 0 Å². The van der Waals surface area contributed by atoms with Gasteiger partial charge in [0.2, 0.25) is 23.5 Å². The first-order chi connectivity index (χ1) is 19.7. The summed E-state index contributed by atoms with van der Waals surface area (Å²) in [5, 5.41) is 43.6. The molecule has 3 rings (SSSR count). The lowest BCUT2D eigenvalue weighted by atomic mass is 9.84. The Bertz CT molecular complexity index is 1220. The highest BCUT2D eigenvalue weighted by Crippen LogP contribution is 2.46. The summed E-state index contributed by atoms with van der Waals surface area (Å²) in [5.41, 5.74) is 8.31. The third-order valence-electron chi connectivity index (χ3n) is 7.86. The van der Waals surface area contributed by atoms with Crippen LogP contribution in [0.1, 0.15) is 133 Å². The van der Waals surface area contributed by atoms with Gasteiger partial charge in [-0.25, -0.2) is 0 Å². The van der Waals surface area contributed by atoms with Crippen LogP contribution in [0.15, 0.2) is 12.1 Å². The first-order valence-corrected chi connectivity index (χ1v) is 16.1. The van der Waals surface area contributed by atoms with Gasteiger partial charge in [0.25, 0.3) is 0 Å². The van der Waals surface area contributed by atoms with Crippen molar-refractivity contribution in [2.24, 2.45) is 0 Å². The van der Waals surface area contributed by atoms with Crippen LogP contribution in [0, 0.1) is 0 Å². The fraction of sp³-hybridized carbons (Fsp3) is 0.613. The lowest BCUT2D eigenvalue weighted by Gasteiger charge is -2.20. The molecule has 0 aromatic carbocycles. The quantitative estimate of drug-likeness (QED) is 0.0793. The fourth-order valence-corrected chi connectivity index (χ4v) is 6.02. The molecule has 1 aliphatic carbocycles. The van der Waals surface area contributed by atoms with Crippen molar-refractivity contribution in [3.8, 4) is 23.5 Å². The Labute approximate surface area is 255 Å². The van der Waals surface area contributed by atoms with E-state index in [0.29, 0.717) is 45.9 Å². The van der Waals surface area contributed by atoms with Gasteiger partial charge in [-0.1, -0.05) is 109 Å². The summed E-state index contributed by atoms with van der Waals surface area (Å²) in [5.74, 6) is -0.819. The minimum Gasteiger partial charge on any atom is -0.493 e. The minimum absolute atomic E-state index is 0.0960. The third kappa shape index (κ3) is 8.64. The molecule has 6 N–H and O–H groups in total. The molecule has 0 aliphatic heterocycles. The van der Waals surface area contributed by atoms with Gasteiger partial charge in [0, 0.05) is 28.7 Å². The molecule has 0 radical (unpaired) electrons. The molecule has 0 spiro atoms. The molecule has 2 aromatic heterocycles. The van der Waals surface area contributed by atoms with Crippen molar-refractivity contribution in [2.45, 2.75) is 123 Å². The second-order valence-electron chi connectivity index (χ2n) is 11.2. The molecule has 41 heavy (non-hydrogen) atoms. The topological polar surface area (TPSA) is 115 Å². The molecule has 2 heterocycles. The maximum absolute atomic E-state index is 11.1. The second-order valence-corrected chi connectivity index (χ2v) is 12.2. The molecule has 10 heteroatoms. The highest BCUT2D eigenvalue weighted by atomic mass is 32.1. The van der Waals surface area contributed by atoms with Crippen molar-refractivity contribution < 1.29 is 20.4 Å². The van der Waals surface area contributed by atoms with Gasteiger partial charge in [-0.3, -0.25) is 10.9 Å². The highest BCUT2D eigenvalue weighted by molar-refractivity contribution is 7.80. The molecule has 2 aromatic rings. The molecule has 0 amide bonds. The van der Waals surface area contributed by atoms with Crippen molar-refractivity contribution in [2.75, 3.05) is 10.9 Å². The molecular formula is C31H48N4O4S2. The zero-order chi connectivity index (χ0) is 29.9. The van der Waals surface area contributed by atoms with Gasteiger partial charge in [0.05, 0.1) is 9.98 Å². The van der Waals surface area contributed by atoms with Crippen LogP contribution in [0.25, 0.3) is 5.57 Å². The van der Waals surface area contributed by atoms with Crippen molar-refractivity contribution in [3.05, 3.63) is 28.8 Å². The number of nitrogens with one attached hydrogen (secondary N) is 2. The number of nitrogens with zero attached hydrogens (tertiary/aromatic N) is 2. The van der Waals surface area contributed by atoms with Crippen molar-refractivity contribution in [3.63, 3.8) is 0 Å². The Hall–Kier alpha value is -2.72. The van der Waals surface area contributed by atoms with E-state index in [1.807, 2.05) is 13.0 Å². The number of aromatic hydroxyl groups is 4. The number of aromatic nitrogens is 2. The Morgan fingerprint density at radius 3 is 1.83 bits per heavy atom. The Morgan fingerprint density at radius 1 is 0.756 bits per heavy atom. The Morgan fingerprint density at radius 2 is 1.27 bits per heavy atom. The summed E-state index contributed by atoms with van der Waals surface area (Å²) in [6.45, 7) is 6.24. The molecule has 0 saturated carbocycles. The smallest absolute Gasteiger partial charge is 0.221 e. The van der Waals surface area contributed by atoms with E-state index >= 15 is 0 Å². The zero-order valence-electron chi connectivity index (χ0n) is 24.8. The van der Waals surface area contributed by atoms with Crippen LogP contribution >= 0.6 is 24.4 Å². The molecule has 8 nitrogen and oxygen atoms in total. The van der Waals surface area contributed by atoms with Crippen molar-refractivity contribution >= 4 is 40.0 Å². The number of fused-ring (bicyclic) bond motifs is 1. The van der Waals surface area contributed by atoms with Gasteiger partial charge in [-0.15, -0.1) is 0 Å². The summed E-state index contributed by atoms with van der Waals surface area (Å²) in [4.78, 5) is 1.10. The van der Waals surface area contributed by atoms with E-state index in [2.05, 4.69) is 24.7 Å². The van der Waals surface area contributed by atoms with Gasteiger partial charge in [0.15, 0.2) is 0 Å².